The molecule has 14 heavy (non-hydrogen) atoms. The maximum atomic E-state index is 11.0. The van der Waals surface area contributed by atoms with Crippen LogP contribution in [-0.4, -0.2) is 24.0 Å². The van der Waals surface area contributed by atoms with Crippen LogP contribution in [0.5, 0.6) is 0 Å². The van der Waals surface area contributed by atoms with Gasteiger partial charge in [-0.2, -0.15) is 0 Å². The highest BCUT2D eigenvalue weighted by Gasteiger charge is 2.03. The lowest BCUT2D eigenvalue weighted by molar-refractivity contribution is -0.119. The van der Waals surface area contributed by atoms with Gasteiger partial charge < -0.3 is 10.4 Å². The normalized spacial score (nSPS) is 9.50. The number of benzene rings is 1. The lowest BCUT2D eigenvalue weighted by Crippen LogP contribution is -2.19. The molecule has 0 radical (unpaired) electrons. The zero-order valence-corrected chi connectivity index (χ0v) is 7.78. The molecule has 0 unspecified atom stereocenters. The molecule has 0 atom stereocenters. The molecule has 0 spiro atoms. The van der Waals surface area contributed by atoms with Gasteiger partial charge in [-0.1, -0.05) is 12.1 Å². The number of amides is 1. The standard InChI is InChI=1S/C10H11NO3/c1-11-9(12)6-7-2-4-8(5-3-7)10(13)14/h2-5H,6H2,1H3,(H,11,12)(H,13,14). The van der Waals surface area contributed by atoms with Crippen LogP contribution in [0.3, 0.4) is 0 Å². The van der Waals surface area contributed by atoms with Crippen LogP contribution >= 0.6 is 0 Å². The Hall–Kier alpha value is -1.84. The Kier molecular flexibility index (Phi) is 3.23. The van der Waals surface area contributed by atoms with Gasteiger partial charge in [-0.15, -0.1) is 0 Å². The summed E-state index contributed by atoms with van der Waals surface area (Å²) in [4.78, 5) is 21.5. The van der Waals surface area contributed by atoms with Gasteiger partial charge in [0, 0.05) is 7.05 Å². The van der Waals surface area contributed by atoms with Gasteiger partial charge >= 0.3 is 5.97 Å². The molecule has 0 bridgehead atoms. The van der Waals surface area contributed by atoms with Crippen molar-refractivity contribution in [2.24, 2.45) is 0 Å². The predicted octanol–water partition coefficient (Wildman–Crippen LogP) is 0.673. The second kappa shape index (κ2) is 4.41. The van der Waals surface area contributed by atoms with Crippen LogP contribution in [0.15, 0.2) is 24.3 Å². The van der Waals surface area contributed by atoms with Crippen molar-refractivity contribution in [1.29, 1.82) is 0 Å². The average molecular weight is 193 g/mol. The van der Waals surface area contributed by atoms with Crippen molar-refractivity contribution in [3.63, 3.8) is 0 Å². The minimum absolute atomic E-state index is 0.0897. The second-order valence-corrected chi connectivity index (χ2v) is 2.85. The summed E-state index contributed by atoms with van der Waals surface area (Å²) in [6.45, 7) is 0. The minimum Gasteiger partial charge on any atom is -0.478 e. The van der Waals surface area contributed by atoms with Crippen LogP contribution < -0.4 is 5.32 Å². The van der Waals surface area contributed by atoms with Crippen molar-refractivity contribution in [3.05, 3.63) is 35.4 Å². The van der Waals surface area contributed by atoms with E-state index in [-0.39, 0.29) is 17.9 Å². The molecule has 0 aliphatic rings. The number of hydrogen-bond acceptors (Lipinski definition) is 2. The summed E-state index contributed by atoms with van der Waals surface area (Å²) < 4.78 is 0. The second-order valence-electron chi connectivity index (χ2n) is 2.85. The molecule has 74 valence electrons. The summed E-state index contributed by atoms with van der Waals surface area (Å²) >= 11 is 0. The Morgan fingerprint density at radius 3 is 2.29 bits per heavy atom. The van der Waals surface area contributed by atoms with Crippen LogP contribution in [-0.2, 0) is 11.2 Å². The Morgan fingerprint density at radius 2 is 1.86 bits per heavy atom. The highest BCUT2D eigenvalue weighted by atomic mass is 16.4. The molecule has 0 heterocycles. The van der Waals surface area contributed by atoms with Crippen molar-refractivity contribution in [2.45, 2.75) is 6.42 Å². The number of aromatic carboxylic acids is 1. The third-order valence-corrected chi connectivity index (χ3v) is 1.84. The van der Waals surface area contributed by atoms with E-state index < -0.39 is 5.97 Å². The van der Waals surface area contributed by atoms with Crippen LogP contribution in [0, 0.1) is 0 Å². The first-order valence-corrected chi connectivity index (χ1v) is 4.16. The number of hydrogen-bond donors (Lipinski definition) is 2. The summed E-state index contributed by atoms with van der Waals surface area (Å²) in [5.74, 6) is -1.05. The Labute approximate surface area is 81.6 Å². The van der Waals surface area contributed by atoms with E-state index in [9.17, 15) is 9.59 Å². The van der Waals surface area contributed by atoms with E-state index in [1.54, 1.807) is 19.2 Å². The smallest absolute Gasteiger partial charge is 0.335 e. The molecule has 0 aromatic heterocycles. The number of carbonyl (C=O) groups is 2. The Bertz CT molecular complexity index is 343. The summed E-state index contributed by atoms with van der Waals surface area (Å²) in [7, 11) is 1.56. The molecule has 4 nitrogen and oxygen atoms in total. The van der Waals surface area contributed by atoms with Crippen molar-refractivity contribution < 1.29 is 14.7 Å². The maximum absolute atomic E-state index is 11.0. The van der Waals surface area contributed by atoms with Gasteiger partial charge in [0.1, 0.15) is 0 Å². The van der Waals surface area contributed by atoms with Crippen LogP contribution in [0.1, 0.15) is 15.9 Å². The monoisotopic (exact) mass is 193 g/mol. The summed E-state index contributed by atoms with van der Waals surface area (Å²) in [5, 5.41) is 11.1. The molecule has 1 rings (SSSR count). The highest BCUT2D eigenvalue weighted by molar-refractivity contribution is 5.87. The maximum Gasteiger partial charge on any atom is 0.335 e. The number of carboxylic acids is 1. The zero-order chi connectivity index (χ0) is 10.6. The van der Waals surface area contributed by atoms with E-state index in [0.717, 1.165) is 5.56 Å². The Balaban J connectivity index is 2.73. The molecule has 0 saturated heterocycles. The SMILES string of the molecule is CNC(=O)Cc1ccc(C(=O)O)cc1. The lowest BCUT2D eigenvalue weighted by Gasteiger charge is -2.00. The van der Waals surface area contributed by atoms with Gasteiger partial charge in [0.15, 0.2) is 0 Å². The minimum atomic E-state index is -0.962. The van der Waals surface area contributed by atoms with E-state index in [1.165, 1.54) is 12.1 Å². The molecule has 1 aromatic rings. The molecular weight excluding hydrogens is 182 g/mol. The van der Waals surface area contributed by atoms with Crippen molar-refractivity contribution in [2.75, 3.05) is 7.05 Å². The number of rotatable bonds is 3. The highest BCUT2D eigenvalue weighted by Crippen LogP contribution is 2.04. The molecule has 2 N–H and O–H groups in total. The van der Waals surface area contributed by atoms with Gasteiger partial charge in [0.2, 0.25) is 5.91 Å². The van der Waals surface area contributed by atoms with Crippen LogP contribution in [0.25, 0.3) is 0 Å². The fourth-order valence-corrected chi connectivity index (χ4v) is 1.04. The average Bonchev–Trinajstić information content (AvgIpc) is 2.18. The van der Waals surface area contributed by atoms with E-state index in [1.807, 2.05) is 0 Å². The first-order chi connectivity index (χ1) is 6.63. The van der Waals surface area contributed by atoms with Gasteiger partial charge in [-0.3, -0.25) is 4.79 Å². The molecular formula is C10H11NO3. The third-order valence-electron chi connectivity index (χ3n) is 1.84. The van der Waals surface area contributed by atoms with Gasteiger partial charge in [0.25, 0.3) is 0 Å². The van der Waals surface area contributed by atoms with Gasteiger partial charge in [-0.05, 0) is 17.7 Å². The number of likely N-dealkylation sites (N-methyl/N-ethyl adjacent to an activating group) is 1. The zero-order valence-electron chi connectivity index (χ0n) is 7.78. The van der Waals surface area contributed by atoms with E-state index >= 15 is 0 Å². The molecule has 0 saturated carbocycles. The quantitative estimate of drug-likeness (QED) is 0.741. The van der Waals surface area contributed by atoms with Crippen molar-refractivity contribution in [1.82, 2.24) is 5.32 Å². The summed E-state index contributed by atoms with van der Waals surface area (Å²) in [5.41, 5.74) is 1.03. The number of carboxylic acid groups (broad SMARTS) is 1. The molecule has 4 heteroatoms. The largest absolute Gasteiger partial charge is 0.478 e. The van der Waals surface area contributed by atoms with E-state index in [0.29, 0.717) is 0 Å². The lowest BCUT2D eigenvalue weighted by atomic mass is 10.1. The summed E-state index contributed by atoms with van der Waals surface area (Å²) in [6, 6.07) is 6.25. The first kappa shape index (κ1) is 10.2. The van der Waals surface area contributed by atoms with E-state index in [2.05, 4.69) is 5.32 Å². The van der Waals surface area contributed by atoms with E-state index in [4.69, 9.17) is 5.11 Å². The number of carbonyl (C=O) groups excluding carboxylic acids is 1. The fraction of sp³-hybridized carbons (Fsp3) is 0.200. The Morgan fingerprint density at radius 1 is 1.29 bits per heavy atom. The van der Waals surface area contributed by atoms with Crippen molar-refractivity contribution >= 4 is 11.9 Å². The summed E-state index contributed by atoms with van der Waals surface area (Å²) in [6.07, 6.45) is 0.274. The first-order valence-electron chi connectivity index (χ1n) is 4.16. The van der Waals surface area contributed by atoms with Crippen LogP contribution in [0.4, 0.5) is 0 Å². The number of nitrogens with one attached hydrogen (secondary N) is 1. The molecule has 0 aliphatic heterocycles. The molecule has 0 aliphatic carbocycles. The topological polar surface area (TPSA) is 66.4 Å². The van der Waals surface area contributed by atoms with Gasteiger partial charge in [-0.25, -0.2) is 4.79 Å². The third kappa shape index (κ3) is 2.58. The van der Waals surface area contributed by atoms with Crippen molar-refractivity contribution in [3.8, 4) is 0 Å². The molecule has 1 amide bonds. The molecule has 1 aromatic carbocycles. The predicted molar refractivity (Wildman–Crippen MR) is 51.2 cm³/mol. The van der Waals surface area contributed by atoms with Gasteiger partial charge in [0.05, 0.1) is 12.0 Å². The molecule has 0 fully saturated rings. The fourth-order valence-electron chi connectivity index (χ4n) is 1.04. The van der Waals surface area contributed by atoms with Crippen LogP contribution in [0.2, 0.25) is 0 Å².